The lowest BCUT2D eigenvalue weighted by atomic mass is 9.81. The molecule has 1 aromatic carbocycles. The number of anilines is 3. The topological polar surface area (TPSA) is 19.4 Å². The first-order valence-electron chi connectivity index (χ1n) is 7.26. The SMILES string of the molecule is CC1c2ccccc2N2c3ncccc3N(C)C2C1C. The zero-order chi connectivity index (χ0) is 13.9. The van der Waals surface area contributed by atoms with E-state index in [0.29, 0.717) is 18.0 Å². The summed E-state index contributed by atoms with van der Waals surface area (Å²) in [6.07, 6.45) is 2.25. The molecule has 102 valence electrons. The third-order valence-electron chi connectivity index (χ3n) is 4.98. The monoisotopic (exact) mass is 265 g/mol. The van der Waals surface area contributed by atoms with E-state index in [1.165, 1.54) is 16.9 Å². The summed E-state index contributed by atoms with van der Waals surface area (Å²) >= 11 is 0. The van der Waals surface area contributed by atoms with Crippen molar-refractivity contribution in [2.24, 2.45) is 5.92 Å². The number of benzene rings is 1. The molecule has 0 amide bonds. The highest BCUT2D eigenvalue weighted by atomic mass is 15.4. The highest BCUT2D eigenvalue weighted by molar-refractivity contribution is 5.83. The third kappa shape index (κ3) is 1.33. The van der Waals surface area contributed by atoms with E-state index in [2.05, 4.69) is 66.0 Å². The number of pyridine rings is 1. The molecule has 0 N–H and O–H groups in total. The van der Waals surface area contributed by atoms with Gasteiger partial charge in [0.2, 0.25) is 0 Å². The Morgan fingerprint density at radius 1 is 1.00 bits per heavy atom. The van der Waals surface area contributed by atoms with Crippen molar-refractivity contribution in [3.05, 3.63) is 48.2 Å². The van der Waals surface area contributed by atoms with Gasteiger partial charge >= 0.3 is 0 Å². The van der Waals surface area contributed by atoms with Crippen molar-refractivity contribution in [3.8, 4) is 0 Å². The van der Waals surface area contributed by atoms with Gasteiger partial charge in [0.05, 0.1) is 5.69 Å². The van der Waals surface area contributed by atoms with Gasteiger partial charge in [-0.1, -0.05) is 32.0 Å². The fraction of sp³-hybridized carbons (Fsp3) is 0.353. The summed E-state index contributed by atoms with van der Waals surface area (Å²) in [5.41, 5.74) is 3.98. The number of para-hydroxylation sites is 1. The molecular weight excluding hydrogens is 246 g/mol. The van der Waals surface area contributed by atoms with Gasteiger partial charge in [-0.15, -0.1) is 0 Å². The summed E-state index contributed by atoms with van der Waals surface area (Å²) in [5, 5.41) is 0. The smallest absolute Gasteiger partial charge is 0.158 e. The Balaban J connectivity index is 1.98. The number of hydrogen-bond donors (Lipinski definition) is 0. The van der Waals surface area contributed by atoms with Gasteiger partial charge in [0.25, 0.3) is 0 Å². The highest BCUT2D eigenvalue weighted by Crippen LogP contribution is 2.51. The Hall–Kier alpha value is -2.03. The van der Waals surface area contributed by atoms with Crippen molar-refractivity contribution in [2.75, 3.05) is 16.8 Å². The Bertz CT molecular complexity index is 667. The molecule has 3 nitrogen and oxygen atoms in total. The van der Waals surface area contributed by atoms with Crippen LogP contribution in [0.15, 0.2) is 42.6 Å². The van der Waals surface area contributed by atoms with Crippen LogP contribution in [0.25, 0.3) is 0 Å². The van der Waals surface area contributed by atoms with Gasteiger partial charge < -0.3 is 9.80 Å². The quantitative estimate of drug-likeness (QED) is 0.723. The lowest BCUT2D eigenvalue weighted by Gasteiger charge is -2.43. The third-order valence-corrected chi connectivity index (χ3v) is 4.98. The predicted octanol–water partition coefficient (Wildman–Crippen LogP) is 3.75. The van der Waals surface area contributed by atoms with Crippen LogP contribution in [0.2, 0.25) is 0 Å². The molecule has 1 aromatic heterocycles. The van der Waals surface area contributed by atoms with Gasteiger partial charge in [-0.05, 0) is 29.7 Å². The standard InChI is InChI=1S/C17H19N3/c1-11-12(2)17-19(3)15-9-6-10-18-16(15)20(17)14-8-5-4-7-13(11)14/h4-12,17H,1-3H3. The van der Waals surface area contributed by atoms with E-state index in [-0.39, 0.29) is 0 Å². The normalized spacial score (nSPS) is 27.1. The van der Waals surface area contributed by atoms with Crippen molar-refractivity contribution < 1.29 is 0 Å². The van der Waals surface area contributed by atoms with Gasteiger partial charge in [0.15, 0.2) is 5.82 Å². The molecule has 20 heavy (non-hydrogen) atoms. The molecule has 4 rings (SSSR count). The minimum absolute atomic E-state index is 0.366. The molecule has 0 aliphatic carbocycles. The second kappa shape index (κ2) is 3.98. The van der Waals surface area contributed by atoms with Crippen molar-refractivity contribution in [1.29, 1.82) is 0 Å². The van der Waals surface area contributed by atoms with Crippen LogP contribution in [0.4, 0.5) is 17.2 Å². The van der Waals surface area contributed by atoms with Crippen LogP contribution in [-0.2, 0) is 0 Å². The molecular formula is C17H19N3. The summed E-state index contributed by atoms with van der Waals surface area (Å²) in [4.78, 5) is 9.42. The summed E-state index contributed by atoms with van der Waals surface area (Å²) in [5.74, 6) is 2.21. The number of rotatable bonds is 0. The second-order valence-electron chi connectivity index (χ2n) is 5.95. The Morgan fingerprint density at radius 2 is 1.75 bits per heavy atom. The number of hydrogen-bond acceptors (Lipinski definition) is 3. The molecule has 0 fully saturated rings. The molecule has 2 aliphatic heterocycles. The maximum atomic E-state index is 4.64. The molecule has 2 aliphatic rings. The van der Waals surface area contributed by atoms with E-state index in [1.807, 2.05) is 12.3 Å². The Kier molecular flexibility index (Phi) is 2.34. The zero-order valence-corrected chi connectivity index (χ0v) is 12.1. The molecule has 3 unspecified atom stereocenters. The van der Waals surface area contributed by atoms with Crippen molar-refractivity contribution in [2.45, 2.75) is 25.9 Å². The van der Waals surface area contributed by atoms with Gasteiger partial charge in [-0.25, -0.2) is 4.98 Å². The number of fused-ring (bicyclic) bond motifs is 5. The lowest BCUT2D eigenvalue weighted by Crippen LogP contribution is -2.48. The van der Waals surface area contributed by atoms with Gasteiger partial charge in [-0.2, -0.15) is 0 Å². The van der Waals surface area contributed by atoms with Gasteiger partial charge in [0.1, 0.15) is 6.17 Å². The van der Waals surface area contributed by atoms with Gasteiger partial charge in [0, 0.05) is 24.8 Å². The van der Waals surface area contributed by atoms with E-state index >= 15 is 0 Å². The molecule has 0 radical (unpaired) electrons. The highest BCUT2D eigenvalue weighted by Gasteiger charge is 2.45. The first kappa shape index (κ1) is 11.8. The summed E-state index contributed by atoms with van der Waals surface area (Å²) in [6, 6.07) is 12.9. The predicted molar refractivity (Wildman–Crippen MR) is 82.6 cm³/mol. The van der Waals surface area contributed by atoms with Crippen LogP contribution in [-0.4, -0.2) is 18.2 Å². The van der Waals surface area contributed by atoms with Crippen LogP contribution in [0, 0.1) is 5.92 Å². The Labute approximate surface area is 119 Å². The summed E-state index contributed by atoms with van der Waals surface area (Å²) in [6.45, 7) is 4.69. The summed E-state index contributed by atoms with van der Waals surface area (Å²) in [7, 11) is 2.18. The van der Waals surface area contributed by atoms with Gasteiger partial charge in [-0.3, -0.25) is 0 Å². The van der Waals surface area contributed by atoms with E-state index in [1.54, 1.807) is 0 Å². The van der Waals surface area contributed by atoms with Crippen molar-refractivity contribution in [1.82, 2.24) is 4.98 Å². The molecule has 2 aromatic rings. The molecule has 3 heteroatoms. The lowest BCUT2D eigenvalue weighted by molar-refractivity contribution is 0.379. The first-order valence-corrected chi connectivity index (χ1v) is 7.26. The van der Waals surface area contributed by atoms with Crippen LogP contribution in [0.3, 0.4) is 0 Å². The fourth-order valence-corrected chi connectivity index (χ4v) is 3.77. The summed E-state index contributed by atoms with van der Waals surface area (Å²) < 4.78 is 0. The van der Waals surface area contributed by atoms with Crippen molar-refractivity contribution in [3.63, 3.8) is 0 Å². The molecule has 0 bridgehead atoms. The minimum Gasteiger partial charge on any atom is -0.351 e. The molecule has 0 spiro atoms. The molecule has 0 saturated heterocycles. The Morgan fingerprint density at radius 3 is 2.60 bits per heavy atom. The van der Waals surface area contributed by atoms with Crippen LogP contribution >= 0.6 is 0 Å². The second-order valence-corrected chi connectivity index (χ2v) is 5.95. The van der Waals surface area contributed by atoms with E-state index in [0.717, 1.165) is 5.82 Å². The number of nitrogens with zero attached hydrogens (tertiary/aromatic N) is 3. The minimum atomic E-state index is 0.366. The average molecular weight is 265 g/mol. The molecule has 3 atom stereocenters. The fourth-order valence-electron chi connectivity index (χ4n) is 3.77. The molecule has 3 heterocycles. The van der Waals surface area contributed by atoms with Crippen LogP contribution < -0.4 is 9.80 Å². The zero-order valence-electron chi connectivity index (χ0n) is 12.1. The maximum Gasteiger partial charge on any atom is 0.158 e. The average Bonchev–Trinajstić information content (AvgIpc) is 2.79. The van der Waals surface area contributed by atoms with Crippen LogP contribution in [0.5, 0.6) is 0 Å². The largest absolute Gasteiger partial charge is 0.351 e. The van der Waals surface area contributed by atoms with E-state index in [9.17, 15) is 0 Å². The number of aromatic nitrogens is 1. The molecule has 0 saturated carbocycles. The van der Waals surface area contributed by atoms with Crippen LogP contribution in [0.1, 0.15) is 25.3 Å². The van der Waals surface area contributed by atoms with Crippen molar-refractivity contribution >= 4 is 17.2 Å². The van der Waals surface area contributed by atoms with E-state index < -0.39 is 0 Å². The van der Waals surface area contributed by atoms with E-state index in [4.69, 9.17) is 0 Å². The first-order chi connectivity index (χ1) is 9.70. The maximum absolute atomic E-state index is 4.64.